The Bertz CT molecular complexity index is 1240. The molecule has 2 aromatic heterocycles. The van der Waals surface area contributed by atoms with Gasteiger partial charge in [-0.15, -0.1) is 0 Å². The van der Waals surface area contributed by atoms with Crippen LogP contribution < -0.4 is 0 Å². The minimum Gasteiger partial charge on any atom is -0.395 e. The molecule has 0 saturated carbocycles. The minimum atomic E-state index is 0.243. The predicted octanol–water partition coefficient (Wildman–Crippen LogP) is 3.56. The van der Waals surface area contributed by atoms with Crippen molar-refractivity contribution < 1.29 is 5.11 Å². The summed E-state index contributed by atoms with van der Waals surface area (Å²) in [5.74, 6) is 0.867. The van der Waals surface area contributed by atoms with Crippen molar-refractivity contribution in [3.8, 4) is 0 Å². The van der Waals surface area contributed by atoms with Crippen LogP contribution in [0.5, 0.6) is 0 Å². The molecule has 0 bridgehead atoms. The molecule has 1 aliphatic rings. The van der Waals surface area contributed by atoms with Gasteiger partial charge >= 0.3 is 0 Å². The molecule has 34 heavy (non-hydrogen) atoms. The second-order valence-electron chi connectivity index (χ2n) is 9.35. The molecular formula is C28H33N5O. The molecule has 1 fully saturated rings. The van der Waals surface area contributed by atoms with Crippen molar-refractivity contribution in [3.05, 3.63) is 94.7 Å². The number of hydrogen-bond acceptors (Lipinski definition) is 5. The number of benzene rings is 2. The standard InChI is InChI=1S/C28H33N5O/c1-21-15-25-17-23(5-6-27(25)30-21)18-26-7-8-29-28(31-26)19-22-3-2-4-24(16-22)20-33-11-9-32(10-12-33)13-14-34/h2-8,15-17,30,34H,9-14,18-20H2,1H3. The van der Waals surface area contributed by atoms with Crippen LogP contribution in [0, 0.1) is 6.92 Å². The first kappa shape index (κ1) is 22.7. The number of piperazine rings is 1. The number of β-amino-alcohol motifs (C(OH)–C–C–N with tert-alkyl or cyclic N) is 1. The first-order valence-electron chi connectivity index (χ1n) is 12.2. The van der Waals surface area contributed by atoms with Gasteiger partial charge in [-0.25, -0.2) is 9.97 Å². The Morgan fingerprint density at radius 3 is 2.53 bits per heavy atom. The van der Waals surface area contributed by atoms with E-state index in [1.807, 2.05) is 12.3 Å². The number of hydrogen-bond donors (Lipinski definition) is 2. The highest BCUT2D eigenvalue weighted by molar-refractivity contribution is 5.81. The van der Waals surface area contributed by atoms with Gasteiger partial charge in [0.1, 0.15) is 5.82 Å². The summed E-state index contributed by atoms with van der Waals surface area (Å²) in [4.78, 5) is 17.6. The van der Waals surface area contributed by atoms with Gasteiger partial charge < -0.3 is 10.1 Å². The molecule has 1 saturated heterocycles. The van der Waals surface area contributed by atoms with Crippen LogP contribution in [0.3, 0.4) is 0 Å². The van der Waals surface area contributed by atoms with Gasteiger partial charge in [0.25, 0.3) is 0 Å². The monoisotopic (exact) mass is 455 g/mol. The number of rotatable bonds is 8. The molecule has 0 aliphatic carbocycles. The Balaban J connectivity index is 1.22. The number of fused-ring (bicyclic) bond motifs is 1. The van der Waals surface area contributed by atoms with E-state index in [0.717, 1.165) is 63.6 Å². The second-order valence-corrected chi connectivity index (χ2v) is 9.35. The highest BCUT2D eigenvalue weighted by atomic mass is 16.3. The number of aromatic amines is 1. The second kappa shape index (κ2) is 10.5. The van der Waals surface area contributed by atoms with Gasteiger partial charge in [0, 0.05) is 75.2 Å². The summed E-state index contributed by atoms with van der Waals surface area (Å²) in [6.45, 7) is 8.21. The van der Waals surface area contributed by atoms with Crippen molar-refractivity contribution >= 4 is 10.9 Å². The van der Waals surface area contributed by atoms with Crippen molar-refractivity contribution in [2.75, 3.05) is 39.3 Å². The zero-order valence-electron chi connectivity index (χ0n) is 19.9. The molecule has 4 aromatic rings. The summed E-state index contributed by atoms with van der Waals surface area (Å²) >= 11 is 0. The van der Waals surface area contributed by atoms with Gasteiger partial charge in [0.05, 0.1) is 6.61 Å². The van der Waals surface area contributed by atoms with E-state index >= 15 is 0 Å². The number of nitrogens with zero attached hydrogens (tertiary/aromatic N) is 4. The molecule has 3 heterocycles. The van der Waals surface area contributed by atoms with E-state index in [-0.39, 0.29) is 6.61 Å². The first-order valence-corrected chi connectivity index (χ1v) is 12.2. The van der Waals surface area contributed by atoms with Crippen molar-refractivity contribution in [1.82, 2.24) is 24.8 Å². The maximum Gasteiger partial charge on any atom is 0.132 e. The summed E-state index contributed by atoms with van der Waals surface area (Å²) in [6.07, 6.45) is 3.42. The minimum absolute atomic E-state index is 0.243. The van der Waals surface area contributed by atoms with E-state index < -0.39 is 0 Å². The molecule has 176 valence electrons. The Labute approximate surface area is 201 Å². The highest BCUT2D eigenvalue weighted by Gasteiger charge is 2.16. The normalized spacial score (nSPS) is 15.2. The van der Waals surface area contributed by atoms with E-state index in [2.05, 4.69) is 75.2 Å². The van der Waals surface area contributed by atoms with Crippen LogP contribution in [0.2, 0.25) is 0 Å². The summed E-state index contributed by atoms with van der Waals surface area (Å²) in [5.41, 5.74) is 7.25. The van der Waals surface area contributed by atoms with Crippen LogP contribution in [0.15, 0.2) is 60.8 Å². The fourth-order valence-electron chi connectivity index (χ4n) is 4.86. The van der Waals surface area contributed by atoms with Crippen LogP contribution in [-0.4, -0.2) is 69.2 Å². The van der Waals surface area contributed by atoms with E-state index in [9.17, 15) is 0 Å². The third kappa shape index (κ3) is 5.70. The van der Waals surface area contributed by atoms with E-state index in [1.165, 1.54) is 33.3 Å². The molecule has 0 radical (unpaired) electrons. The number of aliphatic hydroxyl groups excluding tert-OH is 1. The van der Waals surface area contributed by atoms with Crippen LogP contribution in [0.25, 0.3) is 10.9 Å². The van der Waals surface area contributed by atoms with Crippen LogP contribution in [0.1, 0.15) is 33.9 Å². The third-order valence-corrected chi connectivity index (χ3v) is 6.61. The van der Waals surface area contributed by atoms with Crippen molar-refractivity contribution in [2.24, 2.45) is 0 Å². The van der Waals surface area contributed by atoms with Gasteiger partial charge in [-0.3, -0.25) is 9.80 Å². The number of nitrogens with one attached hydrogen (secondary N) is 1. The third-order valence-electron chi connectivity index (χ3n) is 6.61. The molecule has 5 rings (SSSR count). The topological polar surface area (TPSA) is 68.3 Å². The zero-order chi connectivity index (χ0) is 23.3. The van der Waals surface area contributed by atoms with Crippen LogP contribution in [0.4, 0.5) is 0 Å². The summed E-state index contributed by atoms with van der Waals surface area (Å²) in [5, 5.41) is 10.4. The maximum atomic E-state index is 9.13. The zero-order valence-corrected chi connectivity index (χ0v) is 19.9. The van der Waals surface area contributed by atoms with E-state index in [4.69, 9.17) is 10.1 Å². The highest BCUT2D eigenvalue weighted by Crippen LogP contribution is 2.19. The quantitative estimate of drug-likeness (QED) is 0.425. The van der Waals surface area contributed by atoms with Crippen molar-refractivity contribution in [3.63, 3.8) is 0 Å². The SMILES string of the molecule is Cc1cc2cc(Cc3ccnc(Cc4cccc(CN5CCN(CCO)CC5)c4)n3)ccc2[nH]1. The Morgan fingerprint density at radius 2 is 1.68 bits per heavy atom. The lowest BCUT2D eigenvalue weighted by molar-refractivity contribution is 0.108. The smallest absolute Gasteiger partial charge is 0.132 e. The van der Waals surface area contributed by atoms with Gasteiger partial charge in [0.2, 0.25) is 0 Å². The fourth-order valence-corrected chi connectivity index (χ4v) is 4.86. The van der Waals surface area contributed by atoms with Crippen LogP contribution in [-0.2, 0) is 19.4 Å². The molecule has 0 unspecified atom stereocenters. The molecule has 0 atom stereocenters. The summed E-state index contributed by atoms with van der Waals surface area (Å²) < 4.78 is 0. The van der Waals surface area contributed by atoms with Gasteiger partial charge in [-0.05, 0) is 53.3 Å². The number of aromatic nitrogens is 3. The largest absolute Gasteiger partial charge is 0.395 e. The maximum absolute atomic E-state index is 9.13. The van der Waals surface area contributed by atoms with Crippen molar-refractivity contribution in [2.45, 2.75) is 26.3 Å². The molecule has 2 aromatic carbocycles. The van der Waals surface area contributed by atoms with Gasteiger partial charge in [0.15, 0.2) is 0 Å². The molecule has 0 spiro atoms. The molecule has 0 amide bonds. The average molecular weight is 456 g/mol. The predicted molar refractivity (Wildman–Crippen MR) is 136 cm³/mol. The molecule has 6 nitrogen and oxygen atoms in total. The van der Waals surface area contributed by atoms with Gasteiger partial charge in [-0.2, -0.15) is 0 Å². The Kier molecular flexibility index (Phi) is 7.00. The summed E-state index contributed by atoms with van der Waals surface area (Å²) in [6, 6.07) is 19.6. The number of H-pyrrole nitrogens is 1. The average Bonchev–Trinajstić information content (AvgIpc) is 3.20. The fraction of sp³-hybridized carbons (Fsp3) is 0.357. The van der Waals surface area contributed by atoms with E-state index in [0.29, 0.717) is 0 Å². The lowest BCUT2D eigenvalue weighted by Crippen LogP contribution is -2.46. The molecule has 6 heteroatoms. The lowest BCUT2D eigenvalue weighted by atomic mass is 10.1. The van der Waals surface area contributed by atoms with E-state index in [1.54, 1.807) is 0 Å². The molecule has 2 N–H and O–H groups in total. The van der Waals surface area contributed by atoms with Crippen molar-refractivity contribution in [1.29, 1.82) is 0 Å². The van der Waals surface area contributed by atoms with Gasteiger partial charge in [-0.1, -0.05) is 30.3 Å². The number of aryl methyl sites for hydroxylation is 1. The molecule has 1 aliphatic heterocycles. The lowest BCUT2D eigenvalue weighted by Gasteiger charge is -2.34. The Morgan fingerprint density at radius 1 is 0.882 bits per heavy atom. The summed E-state index contributed by atoms with van der Waals surface area (Å²) in [7, 11) is 0. The Hall–Kier alpha value is -3.06. The first-order chi connectivity index (χ1) is 16.6. The van der Waals surface area contributed by atoms with Crippen LogP contribution >= 0.6 is 0 Å². The number of aliphatic hydroxyl groups is 1. The molecular weight excluding hydrogens is 422 g/mol.